The lowest BCUT2D eigenvalue weighted by atomic mass is 9.92. The summed E-state index contributed by atoms with van der Waals surface area (Å²) in [5.74, 6) is 6.41. The lowest BCUT2D eigenvalue weighted by Crippen LogP contribution is -2.33. The van der Waals surface area contributed by atoms with Gasteiger partial charge in [0.1, 0.15) is 0 Å². The molecule has 4 nitrogen and oxygen atoms in total. The maximum absolute atomic E-state index is 5.73. The molecule has 1 aliphatic rings. The zero-order valence-electron chi connectivity index (χ0n) is 10.2. The van der Waals surface area contributed by atoms with Gasteiger partial charge in [0.15, 0.2) is 0 Å². The molecule has 0 spiro atoms. The Morgan fingerprint density at radius 1 is 1.56 bits per heavy atom. The highest BCUT2D eigenvalue weighted by atomic mass is 15.3. The van der Waals surface area contributed by atoms with Gasteiger partial charge in [-0.25, -0.2) is 0 Å². The summed E-state index contributed by atoms with van der Waals surface area (Å²) in [5, 5.41) is 4.49. The van der Waals surface area contributed by atoms with Crippen molar-refractivity contribution in [2.75, 3.05) is 0 Å². The van der Waals surface area contributed by atoms with Crippen LogP contribution in [-0.2, 0) is 13.5 Å². The lowest BCUT2D eigenvalue weighted by Gasteiger charge is -2.22. The lowest BCUT2D eigenvalue weighted by molar-refractivity contribution is 0.371. The monoisotopic (exact) mass is 222 g/mol. The smallest absolute Gasteiger partial charge is 0.0670 e. The van der Waals surface area contributed by atoms with Crippen LogP contribution in [0.1, 0.15) is 49.9 Å². The Kier molecular flexibility index (Phi) is 3.61. The van der Waals surface area contributed by atoms with Crippen LogP contribution in [-0.4, -0.2) is 9.78 Å². The minimum absolute atomic E-state index is 0.283. The van der Waals surface area contributed by atoms with Gasteiger partial charge in [-0.2, -0.15) is 5.10 Å². The molecule has 0 aromatic carbocycles. The standard InChI is InChI=1S/C12H22N4/c1-3-11-10(8-16(2)15-11)12(14-13)9-6-4-5-7-9/h8-9,12,14H,3-7,13H2,1-2H3. The number of rotatable bonds is 4. The molecule has 2 rings (SSSR count). The van der Waals surface area contributed by atoms with Gasteiger partial charge < -0.3 is 0 Å². The van der Waals surface area contributed by atoms with Gasteiger partial charge in [-0.05, 0) is 25.2 Å². The molecular formula is C12H22N4. The number of nitrogens with two attached hydrogens (primary N) is 1. The molecule has 0 amide bonds. The minimum Gasteiger partial charge on any atom is -0.275 e. The first kappa shape index (κ1) is 11.6. The van der Waals surface area contributed by atoms with E-state index in [0.717, 1.165) is 6.42 Å². The summed E-state index contributed by atoms with van der Waals surface area (Å²) >= 11 is 0. The fourth-order valence-corrected chi connectivity index (χ4v) is 2.86. The summed E-state index contributed by atoms with van der Waals surface area (Å²) in [6.07, 6.45) is 8.33. The van der Waals surface area contributed by atoms with Crippen LogP contribution in [0.25, 0.3) is 0 Å². The van der Waals surface area contributed by atoms with Crippen molar-refractivity contribution in [2.45, 2.75) is 45.1 Å². The third-order valence-corrected chi connectivity index (χ3v) is 3.66. The minimum atomic E-state index is 0.283. The van der Waals surface area contributed by atoms with Gasteiger partial charge in [0.2, 0.25) is 0 Å². The third-order valence-electron chi connectivity index (χ3n) is 3.66. The van der Waals surface area contributed by atoms with Crippen LogP contribution in [0.2, 0.25) is 0 Å². The number of hydrogen-bond acceptors (Lipinski definition) is 3. The summed E-state index contributed by atoms with van der Waals surface area (Å²) in [6.45, 7) is 2.15. The van der Waals surface area contributed by atoms with Crippen molar-refractivity contribution in [1.82, 2.24) is 15.2 Å². The first-order valence-corrected chi connectivity index (χ1v) is 6.24. The van der Waals surface area contributed by atoms with Crippen molar-refractivity contribution in [3.63, 3.8) is 0 Å². The number of nitrogens with one attached hydrogen (secondary N) is 1. The van der Waals surface area contributed by atoms with Gasteiger partial charge in [0, 0.05) is 18.8 Å². The molecule has 4 heteroatoms. The van der Waals surface area contributed by atoms with E-state index in [1.165, 1.54) is 36.9 Å². The molecule has 1 aromatic rings. The molecule has 1 aromatic heterocycles. The fraction of sp³-hybridized carbons (Fsp3) is 0.750. The van der Waals surface area contributed by atoms with Crippen molar-refractivity contribution in [3.8, 4) is 0 Å². The van der Waals surface area contributed by atoms with E-state index in [2.05, 4.69) is 23.6 Å². The van der Waals surface area contributed by atoms with Gasteiger partial charge in [-0.1, -0.05) is 19.8 Å². The number of nitrogens with zero attached hydrogens (tertiary/aromatic N) is 2. The van der Waals surface area contributed by atoms with Gasteiger partial charge in [-0.15, -0.1) is 0 Å². The average Bonchev–Trinajstić information content (AvgIpc) is 2.89. The van der Waals surface area contributed by atoms with Crippen molar-refractivity contribution in [1.29, 1.82) is 0 Å². The molecule has 1 unspecified atom stereocenters. The van der Waals surface area contributed by atoms with Gasteiger partial charge >= 0.3 is 0 Å². The Morgan fingerprint density at radius 3 is 2.81 bits per heavy atom. The molecule has 0 saturated heterocycles. The maximum atomic E-state index is 5.73. The van der Waals surface area contributed by atoms with E-state index in [0.29, 0.717) is 5.92 Å². The predicted octanol–water partition coefficient (Wildman–Crippen LogP) is 1.68. The molecule has 1 heterocycles. The maximum Gasteiger partial charge on any atom is 0.0670 e. The van der Waals surface area contributed by atoms with Crippen LogP contribution in [0.4, 0.5) is 0 Å². The molecule has 1 fully saturated rings. The highest BCUT2D eigenvalue weighted by Gasteiger charge is 2.28. The van der Waals surface area contributed by atoms with E-state index in [4.69, 9.17) is 5.84 Å². The fourth-order valence-electron chi connectivity index (χ4n) is 2.86. The van der Waals surface area contributed by atoms with Crippen molar-refractivity contribution in [2.24, 2.45) is 18.8 Å². The Bertz CT molecular complexity index is 339. The summed E-state index contributed by atoms with van der Waals surface area (Å²) in [6, 6.07) is 0.283. The van der Waals surface area contributed by atoms with Crippen molar-refractivity contribution < 1.29 is 0 Å². The topological polar surface area (TPSA) is 55.9 Å². The van der Waals surface area contributed by atoms with Crippen LogP contribution in [0.5, 0.6) is 0 Å². The number of aryl methyl sites for hydroxylation is 2. The third kappa shape index (κ3) is 2.13. The molecule has 0 bridgehead atoms. The molecule has 16 heavy (non-hydrogen) atoms. The van der Waals surface area contributed by atoms with Crippen LogP contribution in [0.15, 0.2) is 6.20 Å². The van der Waals surface area contributed by atoms with Gasteiger partial charge in [-0.3, -0.25) is 16.0 Å². The second-order valence-electron chi connectivity index (χ2n) is 4.75. The van der Waals surface area contributed by atoms with Crippen molar-refractivity contribution >= 4 is 0 Å². The Morgan fingerprint density at radius 2 is 2.25 bits per heavy atom. The molecular weight excluding hydrogens is 200 g/mol. The number of hydrazine groups is 1. The average molecular weight is 222 g/mol. The second-order valence-corrected chi connectivity index (χ2v) is 4.75. The van der Waals surface area contributed by atoms with Crippen LogP contribution >= 0.6 is 0 Å². The number of hydrogen-bond donors (Lipinski definition) is 2. The summed E-state index contributed by atoms with van der Waals surface area (Å²) in [7, 11) is 1.98. The Labute approximate surface area is 97.2 Å². The zero-order valence-corrected chi connectivity index (χ0v) is 10.2. The van der Waals surface area contributed by atoms with Crippen LogP contribution < -0.4 is 11.3 Å². The summed E-state index contributed by atoms with van der Waals surface area (Å²) < 4.78 is 1.90. The van der Waals surface area contributed by atoms with Gasteiger partial charge in [0.25, 0.3) is 0 Å². The zero-order chi connectivity index (χ0) is 11.5. The first-order valence-electron chi connectivity index (χ1n) is 6.24. The molecule has 1 aliphatic carbocycles. The predicted molar refractivity (Wildman–Crippen MR) is 64.6 cm³/mol. The SMILES string of the molecule is CCc1nn(C)cc1C(NN)C1CCCC1. The largest absolute Gasteiger partial charge is 0.275 e. The first-order chi connectivity index (χ1) is 7.76. The summed E-state index contributed by atoms with van der Waals surface area (Å²) in [4.78, 5) is 0. The van der Waals surface area contributed by atoms with Crippen LogP contribution in [0, 0.1) is 5.92 Å². The van der Waals surface area contributed by atoms with E-state index in [9.17, 15) is 0 Å². The quantitative estimate of drug-likeness (QED) is 0.602. The second kappa shape index (κ2) is 4.97. The van der Waals surface area contributed by atoms with Crippen molar-refractivity contribution in [3.05, 3.63) is 17.5 Å². The summed E-state index contributed by atoms with van der Waals surface area (Å²) in [5.41, 5.74) is 5.46. The van der Waals surface area contributed by atoms with Gasteiger partial charge in [0.05, 0.1) is 11.7 Å². The van der Waals surface area contributed by atoms with Crippen LogP contribution in [0.3, 0.4) is 0 Å². The highest BCUT2D eigenvalue weighted by Crippen LogP contribution is 2.36. The van der Waals surface area contributed by atoms with E-state index < -0.39 is 0 Å². The van der Waals surface area contributed by atoms with E-state index in [1.807, 2.05) is 11.7 Å². The number of aromatic nitrogens is 2. The molecule has 3 N–H and O–H groups in total. The van der Waals surface area contributed by atoms with E-state index in [1.54, 1.807) is 0 Å². The highest BCUT2D eigenvalue weighted by molar-refractivity contribution is 5.22. The molecule has 0 radical (unpaired) electrons. The Hall–Kier alpha value is -0.870. The van der Waals surface area contributed by atoms with E-state index >= 15 is 0 Å². The van der Waals surface area contributed by atoms with E-state index in [-0.39, 0.29) is 6.04 Å². The molecule has 0 aliphatic heterocycles. The molecule has 1 atom stereocenters. The molecule has 90 valence electrons. The Balaban J connectivity index is 2.24. The normalized spacial score (nSPS) is 19.2. The molecule has 1 saturated carbocycles.